The Labute approximate surface area is 97.5 Å². The summed E-state index contributed by atoms with van der Waals surface area (Å²) in [5.41, 5.74) is 1.64. The van der Waals surface area contributed by atoms with Gasteiger partial charge in [-0.2, -0.15) is 0 Å². The molecule has 0 spiro atoms. The first kappa shape index (κ1) is 11.1. The monoisotopic (exact) mass is 230 g/mol. The molecule has 0 saturated carbocycles. The third-order valence-corrected chi connectivity index (χ3v) is 2.46. The molecule has 0 aliphatic carbocycles. The summed E-state index contributed by atoms with van der Waals surface area (Å²) in [5.74, 6) is -1.66. The first-order chi connectivity index (χ1) is 8.09. The van der Waals surface area contributed by atoms with Gasteiger partial charge in [-0.1, -0.05) is 24.3 Å². The maximum Gasteiger partial charge on any atom is 0.371 e. The third kappa shape index (κ3) is 2.10. The Kier molecular flexibility index (Phi) is 2.78. The molecule has 0 saturated heterocycles. The molecule has 2 aromatic rings. The number of carboxylic acid groups (broad SMARTS) is 1. The van der Waals surface area contributed by atoms with Crippen molar-refractivity contribution in [3.8, 4) is 0 Å². The summed E-state index contributed by atoms with van der Waals surface area (Å²) in [6.07, 6.45) is 1.16. The predicted octanol–water partition coefficient (Wildman–Crippen LogP) is 2.52. The molecule has 0 radical (unpaired) electrons. The molecule has 1 aromatic heterocycles. The SMILES string of the molecule is Cc1ccccc1C(=O)c1coc(C(=O)O)c1. The van der Waals surface area contributed by atoms with Crippen molar-refractivity contribution in [1.82, 2.24) is 0 Å². The molecule has 0 aliphatic heterocycles. The Bertz CT molecular complexity index is 581. The minimum Gasteiger partial charge on any atom is -0.475 e. The Morgan fingerprint density at radius 3 is 2.53 bits per heavy atom. The summed E-state index contributed by atoms with van der Waals surface area (Å²) in [4.78, 5) is 22.7. The molecular formula is C13H10O4. The lowest BCUT2D eigenvalue weighted by molar-refractivity contribution is 0.0662. The number of carbonyl (C=O) groups is 2. The Morgan fingerprint density at radius 1 is 1.24 bits per heavy atom. The van der Waals surface area contributed by atoms with Gasteiger partial charge in [0.15, 0.2) is 5.78 Å². The van der Waals surface area contributed by atoms with Crippen molar-refractivity contribution in [2.24, 2.45) is 0 Å². The predicted molar refractivity (Wildman–Crippen MR) is 60.3 cm³/mol. The van der Waals surface area contributed by atoms with Crippen molar-refractivity contribution in [1.29, 1.82) is 0 Å². The highest BCUT2D eigenvalue weighted by molar-refractivity contribution is 6.10. The smallest absolute Gasteiger partial charge is 0.371 e. The van der Waals surface area contributed by atoms with Crippen LogP contribution < -0.4 is 0 Å². The molecule has 17 heavy (non-hydrogen) atoms. The lowest BCUT2D eigenvalue weighted by Crippen LogP contribution is -2.02. The maximum atomic E-state index is 12.1. The zero-order chi connectivity index (χ0) is 12.4. The maximum absolute atomic E-state index is 12.1. The Morgan fingerprint density at radius 2 is 1.94 bits per heavy atom. The minimum absolute atomic E-state index is 0.234. The van der Waals surface area contributed by atoms with Crippen molar-refractivity contribution in [3.63, 3.8) is 0 Å². The normalized spacial score (nSPS) is 10.2. The topological polar surface area (TPSA) is 67.5 Å². The first-order valence-electron chi connectivity index (χ1n) is 5.02. The number of rotatable bonds is 3. The zero-order valence-electron chi connectivity index (χ0n) is 9.14. The fraction of sp³-hybridized carbons (Fsp3) is 0.0769. The van der Waals surface area contributed by atoms with Gasteiger partial charge in [0.1, 0.15) is 6.26 Å². The molecule has 4 heteroatoms. The lowest BCUT2D eigenvalue weighted by atomic mass is 10.0. The lowest BCUT2D eigenvalue weighted by Gasteiger charge is -2.01. The fourth-order valence-corrected chi connectivity index (χ4v) is 1.55. The van der Waals surface area contributed by atoms with E-state index in [0.717, 1.165) is 11.8 Å². The van der Waals surface area contributed by atoms with Crippen molar-refractivity contribution >= 4 is 11.8 Å². The van der Waals surface area contributed by atoms with Crippen LogP contribution in [0.25, 0.3) is 0 Å². The van der Waals surface area contributed by atoms with E-state index in [-0.39, 0.29) is 17.1 Å². The minimum atomic E-state index is -1.19. The molecule has 0 atom stereocenters. The van der Waals surface area contributed by atoms with Gasteiger partial charge in [-0.25, -0.2) is 4.79 Å². The van der Waals surface area contributed by atoms with Crippen LogP contribution in [0.5, 0.6) is 0 Å². The molecule has 1 heterocycles. The molecule has 0 fully saturated rings. The van der Waals surface area contributed by atoms with E-state index in [1.54, 1.807) is 12.1 Å². The van der Waals surface area contributed by atoms with Gasteiger partial charge in [-0.3, -0.25) is 4.79 Å². The summed E-state index contributed by atoms with van der Waals surface area (Å²) in [5, 5.41) is 8.70. The van der Waals surface area contributed by atoms with Crippen molar-refractivity contribution in [3.05, 3.63) is 59.0 Å². The standard InChI is InChI=1S/C13H10O4/c1-8-4-2-3-5-10(8)12(14)9-6-11(13(15)16)17-7-9/h2-7H,1H3,(H,15,16). The van der Waals surface area contributed by atoms with E-state index in [2.05, 4.69) is 0 Å². The number of aryl methyl sites for hydroxylation is 1. The van der Waals surface area contributed by atoms with Gasteiger partial charge < -0.3 is 9.52 Å². The molecule has 86 valence electrons. The number of hydrogen-bond acceptors (Lipinski definition) is 3. The largest absolute Gasteiger partial charge is 0.475 e. The summed E-state index contributed by atoms with van der Waals surface area (Å²) >= 11 is 0. The van der Waals surface area contributed by atoms with Gasteiger partial charge in [-0.15, -0.1) is 0 Å². The fourth-order valence-electron chi connectivity index (χ4n) is 1.55. The van der Waals surface area contributed by atoms with Crippen LogP contribution in [-0.2, 0) is 0 Å². The Balaban J connectivity index is 2.37. The molecule has 2 rings (SSSR count). The number of furan rings is 1. The molecule has 0 unspecified atom stereocenters. The average molecular weight is 230 g/mol. The molecule has 0 amide bonds. The van der Waals surface area contributed by atoms with E-state index >= 15 is 0 Å². The molecule has 0 aliphatic rings. The van der Waals surface area contributed by atoms with Crippen molar-refractivity contribution in [2.75, 3.05) is 0 Å². The van der Waals surface area contributed by atoms with Crippen LogP contribution in [0, 0.1) is 6.92 Å². The van der Waals surface area contributed by atoms with E-state index < -0.39 is 5.97 Å². The van der Waals surface area contributed by atoms with Crippen LogP contribution in [0.15, 0.2) is 41.0 Å². The number of ketones is 1. The van der Waals surface area contributed by atoms with E-state index in [4.69, 9.17) is 9.52 Å². The average Bonchev–Trinajstić information content (AvgIpc) is 2.78. The molecule has 4 nitrogen and oxygen atoms in total. The van der Waals surface area contributed by atoms with Gasteiger partial charge in [0.2, 0.25) is 5.76 Å². The van der Waals surface area contributed by atoms with Gasteiger partial charge in [0.25, 0.3) is 0 Å². The number of carbonyl (C=O) groups excluding carboxylic acids is 1. The number of hydrogen-bond donors (Lipinski definition) is 1. The van der Waals surface area contributed by atoms with Crippen molar-refractivity contribution in [2.45, 2.75) is 6.92 Å². The summed E-state index contributed by atoms with van der Waals surface area (Å²) < 4.78 is 4.79. The summed E-state index contributed by atoms with van der Waals surface area (Å²) in [6, 6.07) is 8.36. The van der Waals surface area contributed by atoms with E-state index in [0.29, 0.717) is 5.56 Å². The second-order valence-electron chi connectivity index (χ2n) is 3.65. The summed E-state index contributed by atoms with van der Waals surface area (Å²) in [6.45, 7) is 1.82. The van der Waals surface area contributed by atoms with Crippen LogP contribution in [-0.4, -0.2) is 16.9 Å². The van der Waals surface area contributed by atoms with Gasteiger partial charge in [0.05, 0.1) is 5.56 Å². The second-order valence-corrected chi connectivity index (χ2v) is 3.65. The molecular weight excluding hydrogens is 220 g/mol. The highest BCUT2D eigenvalue weighted by Crippen LogP contribution is 2.16. The van der Waals surface area contributed by atoms with Crippen LogP contribution in [0.1, 0.15) is 32.0 Å². The van der Waals surface area contributed by atoms with Gasteiger partial charge >= 0.3 is 5.97 Å². The second kappa shape index (κ2) is 4.25. The molecule has 1 N–H and O–H groups in total. The van der Waals surface area contributed by atoms with Gasteiger partial charge in [0, 0.05) is 11.6 Å². The highest BCUT2D eigenvalue weighted by atomic mass is 16.4. The van der Waals surface area contributed by atoms with Crippen molar-refractivity contribution < 1.29 is 19.1 Å². The zero-order valence-corrected chi connectivity index (χ0v) is 9.14. The van der Waals surface area contributed by atoms with Crippen LogP contribution >= 0.6 is 0 Å². The van der Waals surface area contributed by atoms with E-state index in [1.807, 2.05) is 19.1 Å². The third-order valence-electron chi connectivity index (χ3n) is 2.46. The van der Waals surface area contributed by atoms with Crippen LogP contribution in [0.4, 0.5) is 0 Å². The number of aromatic carboxylic acids is 1. The highest BCUT2D eigenvalue weighted by Gasteiger charge is 2.16. The van der Waals surface area contributed by atoms with Gasteiger partial charge in [-0.05, 0) is 12.5 Å². The van der Waals surface area contributed by atoms with Crippen LogP contribution in [0.3, 0.4) is 0 Å². The Hall–Kier alpha value is -2.36. The summed E-state index contributed by atoms with van der Waals surface area (Å²) in [7, 11) is 0. The van der Waals surface area contributed by atoms with E-state index in [1.165, 1.54) is 6.07 Å². The number of carboxylic acids is 1. The molecule has 0 bridgehead atoms. The van der Waals surface area contributed by atoms with E-state index in [9.17, 15) is 9.59 Å². The van der Waals surface area contributed by atoms with Crippen LogP contribution in [0.2, 0.25) is 0 Å². The number of benzene rings is 1. The quantitative estimate of drug-likeness (QED) is 0.822. The molecule has 1 aromatic carbocycles. The first-order valence-corrected chi connectivity index (χ1v) is 5.02.